The lowest BCUT2D eigenvalue weighted by atomic mass is 10.3. The first-order chi connectivity index (χ1) is 9.61. The number of halogens is 1. The van der Waals surface area contributed by atoms with E-state index in [4.69, 9.17) is 11.6 Å². The van der Waals surface area contributed by atoms with E-state index in [2.05, 4.69) is 20.1 Å². The van der Waals surface area contributed by atoms with E-state index in [1.807, 2.05) is 26.0 Å². The highest BCUT2D eigenvalue weighted by molar-refractivity contribution is 7.98. The Balaban J connectivity index is 1.81. The quantitative estimate of drug-likeness (QED) is 0.550. The lowest BCUT2D eigenvalue weighted by Crippen LogP contribution is -1.97. The van der Waals surface area contributed by atoms with Gasteiger partial charge in [-0.05, 0) is 31.5 Å². The molecule has 0 spiro atoms. The molecule has 20 heavy (non-hydrogen) atoms. The van der Waals surface area contributed by atoms with Crippen molar-refractivity contribution in [3.63, 3.8) is 0 Å². The summed E-state index contributed by atoms with van der Waals surface area (Å²) in [6, 6.07) is 5.72. The molecule has 3 heterocycles. The maximum Gasteiger partial charge on any atom is 0.253 e. The van der Waals surface area contributed by atoms with E-state index in [9.17, 15) is 0 Å². The number of rotatable bonds is 3. The fraction of sp³-hybridized carbons (Fsp3) is 0.231. The smallest absolute Gasteiger partial charge is 0.244 e. The Hall–Kier alpha value is -1.66. The number of nitrogens with zero attached hydrogens (tertiary/aromatic N) is 5. The van der Waals surface area contributed by atoms with E-state index >= 15 is 0 Å². The van der Waals surface area contributed by atoms with Crippen molar-refractivity contribution in [1.82, 2.24) is 24.6 Å². The van der Waals surface area contributed by atoms with E-state index < -0.39 is 0 Å². The second-order valence-corrected chi connectivity index (χ2v) is 5.75. The van der Waals surface area contributed by atoms with Gasteiger partial charge in [-0.3, -0.25) is 0 Å². The summed E-state index contributed by atoms with van der Waals surface area (Å²) in [6.45, 7) is 3.95. The molecule has 0 saturated heterocycles. The van der Waals surface area contributed by atoms with Gasteiger partial charge in [0.05, 0.1) is 0 Å². The second kappa shape index (κ2) is 5.38. The van der Waals surface area contributed by atoms with E-state index in [1.54, 1.807) is 28.5 Å². The molecule has 0 fully saturated rings. The molecule has 0 aliphatic carbocycles. The number of pyridine rings is 1. The molecule has 3 aromatic heterocycles. The largest absolute Gasteiger partial charge is 0.253 e. The molecule has 7 heteroatoms. The van der Waals surface area contributed by atoms with Gasteiger partial charge in [0.1, 0.15) is 5.15 Å². The minimum absolute atomic E-state index is 0.500. The van der Waals surface area contributed by atoms with Crippen LogP contribution >= 0.6 is 23.4 Å². The monoisotopic (exact) mass is 305 g/mol. The average molecular weight is 306 g/mol. The van der Waals surface area contributed by atoms with Gasteiger partial charge in [-0.1, -0.05) is 29.4 Å². The Bertz CT molecular complexity index is 753. The Kier molecular flexibility index (Phi) is 3.58. The summed E-state index contributed by atoms with van der Waals surface area (Å²) in [7, 11) is 0. The predicted octanol–water partition coefficient (Wildman–Crippen LogP) is 3.08. The maximum atomic E-state index is 5.76. The van der Waals surface area contributed by atoms with Gasteiger partial charge in [0.25, 0.3) is 5.78 Å². The van der Waals surface area contributed by atoms with Crippen LogP contribution in [0.3, 0.4) is 0 Å². The third kappa shape index (κ3) is 2.76. The Labute approximate surface area is 125 Å². The van der Waals surface area contributed by atoms with Crippen molar-refractivity contribution in [2.45, 2.75) is 24.8 Å². The van der Waals surface area contributed by atoms with Gasteiger partial charge in [0.2, 0.25) is 5.16 Å². The summed E-state index contributed by atoms with van der Waals surface area (Å²) in [4.78, 5) is 12.8. The minimum Gasteiger partial charge on any atom is -0.244 e. The van der Waals surface area contributed by atoms with Crippen molar-refractivity contribution in [2.24, 2.45) is 0 Å². The van der Waals surface area contributed by atoms with Crippen molar-refractivity contribution in [1.29, 1.82) is 0 Å². The highest BCUT2D eigenvalue weighted by atomic mass is 35.5. The summed E-state index contributed by atoms with van der Waals surface area (Å²) in [5.41, 5.74) is 3.06. The van der Waals surface area contributed by atoms with Gasteiger partial charge < -0.3 is 0 Å². The Morgan fingerprint density at radius 2 is 2.10 bits per heavy atom. The van der Waals surface area contributed by atoms with Gasteiger partial charge in [0, 0.05) is 23.3 Å². The maximum absolute atomic E-state index is 5.76. The molecular weight excluding hydrogens is 294 g/mol. The van der Waals surface area contributed by atoms with E-state index in [-0.39, 0.29) is 0 Å². The van der Waals surface area contributed by atoms with Crippen LogP contribution in [0, 0.1) is 13.8 Å². The van der Waals surface area contributed by atoms with Gasteiger partial charge in [-0.25, -0.2) is 14.5 Å². The number of hydrogen-bond donors (Lipinski definition) is 0. The predicted molar refractivity (Wildman–Crippen MR) is 79.1 cm³/mol. The number of aromatic nitrogens is 5. The van der Waals surface area contributed by atoms with Gasteiger partial charge >= 0.3 is 0 Å². The lowest BCUT2D eigenvalue weighted by molar-refractivity contribution is 0.843. The summed E-state index contributed by atoms with van der Waals surface area (Å²) < 4.78 is 1.76. The molecule has 0 unspecified atom stereocenters. The Morgan fingerprint density at radius 1 is 1.25 bits per heavy atom. The zero-order valence-corrected chi connectivity index (χ0v) is 12.6. The minimum atomic E-state index is 0.500. The second-order valence-electron chi connectivity index (χ2n) is 4.42. The first-order valence-electron chi connectivity index (χ1n) is 6.06. The molecular formula is C13H12ClN5S. The molecule has 0 aliphatic rings. The third-order valence-corrected chi connectivity index (χ3v) is 3.89. The van der Waals surface area contributed by atoms with Crippen molar-refractivity contribution in [2.75, 3.05) is 0 Å². The van der Waals surface area contributed by atoms with Crippen LogP contribution in [0.2, 0.25) is 5.15 Å². The van der Waals surface area contributed by atoms with Crippen LogP contribution in [0.1, 0.15) is 17.0 Å². The summed E-state index contributed by atoms with van der Waals surface area (Å²) in [5, 5.41) is 5.65. The van der Waals surface area contributed by atoms with Gasteiger partial charge in [0.15, 0.2) is 0 Å². The fourth-order valence-corrected chi connectivity index (χ4v) is 2.71. The van der Waals surface area contributed by atoms with Crippen LogP contribution < -0.4 is 0 Å². The Morgan fingerprint density at radius 3 is 2.85 bits per heavy atom. The van der Waals surface area contributed by atoms with Crippen LogP contribution in [0.25, 0.3) is 5.78 Å². The first-order valence-corrected chi connectivity index (χ1v) is 7.42. The SMILES string of the molecule is Cc1cc(C)n2nc(SCc3ccc(Cl)nc3)nc2n1. The molecule has 5 nitrogen and oxygen atoms in total. The number of fused-ring (bicyclic) bond motifs is 1. The molecule has 0 radical (unpaired) electrons. The topological polar surface area (TPSA) is 56.0 Å². The molecule has 0 amide bonds. The highest BCUT2D eigenvalue weighted by Crippen LogP contribution is 2.20. The van der Waals surface area contributed by atoms with Crippen molar-refractivity contribution in [3.8, 4) is 0 Å². The molecule has 0 aromatic carbocycles. The van der Waals surface area contributed by atoms with Crippen LogP contribution in [-0.2, 0) is 5.75 Å². The number of hydrogen-bond acceptors (Lipinski definition) is 5. The summed E-state index contributed by atoms with van der Waals surface area (Å²) in [6.07, 6.45) is 1.76. The molecule has 0 bridgehead atoms. The molecule has 0 atom stereocenters. The molecule has 0 N–H and O–H groups in total. The highest BCUT2D eigenvalue weighted by Gasteiger charge is 2.08. The summed E-state index contributed by atoms with van der Waals surface area (Å²) in [5.74, 6) is 1.39. The van der Waals surface area contributed by atoms with E-state index in [0.717, 1.165) is 22.7 Å². The molecule has 3 aromatic rings. The molecule has 0 saturated carbocycles. The van der Waals surface area contributed by atoms with E-state index in [1.165, 1.54) is 0 Å². The van der Waals surface area contributed by atoms with Crippen molar-refractivity contribution < 1.29 is 0 Å². The fourth-order valence-electron chi connectivity index (χ4n) is 1.85. The van der Waals surface area contributed by atoms with Crippen molar-refractivity contribution in [3.05, 3.63) is 46.5 Å². The van der Waals surface area contributed by atoms with Crippen LogP contribution in [-0.4, -0.2) is 24.6 Å². The van der Waals surface area contributed by atoms with Crippen molar-refractivity contribution >= 4 is 29.1 Å². The number of thioether (sulfide) groups is 1. The molecule has 0 aliphatic heterocycles. The van der Waals surface area contributed by atoms with Crippen LogP contribution in [0.5, 0.6) is 0 Å². The van der Waals surface area contributed by atoms with Crippen LogP contribution in [0.4, 0.5) is 0 Å². The molecule has 3 rings (SSSR count). The van der Waals surface area contributed by atoms with Gasteiger partial charge in [-0.2, -0.15) is 4.98 Å². The third-order valence-electron chi connectivity index (χ3n) is 2.76. The summed E-state index contributed by atoms with van der Waals surface area (Å²) >= 11 is 7.31. The standard InChI is InChI=1S/C13H12ClN5S/c1-8-5-9(2)19-12(16-8)17-13(18-19)20-7-10-3-4-11(14)15-6-10/h3-6H,7H2,1-2H3. The lowest BCUT2D eigenvalue weighted by Gasteiger charge is -1.98. The first kappa shape index (κ1) is 13.3. The molecule has 102 valence electrons. The zero-order chi connectivity index (χ0) is 14.1. The zero-order valence-electron chi connectivity index (χ0n) is 11.0. The van der Waals surface area contributed by atoms with Gasteiger partial charge in [-0.15, -0.1) is 5.10 Å². The number of aryl methyl sites for hydroxylation is 2. The normalized spacial score (nSPS) is 11.2. The van der Waals surface area contributed by atoms with Crippen LogP contribution in [0.15, 0.2) is 29.6 Å². The average Bonchev–Trinajstić information content (AvgIpc) is 2.81. The van der Waals surface area contributed by atoms with E-state index in [0.29, 0.717) is 16.1 Å².